The lowest BCUT2D eigenvalue weighted by Crippen LogP contribution is -2.24. The van der Waals surface area contributed by atoms with Crippen molar-refractivity contribution in [2.45, 2.75) is 0 Å². The molecule has 8 nitrogen and oxygen atoms in total. The van der Waals surface area contributed by atoms with Crippen molar-refractivity contribution in [1.29, 1.82) is 0 Å². The number of halogens is 4. The van der Waals surface area contributed by atoms with E-state index in [0.717, 1.165) is 6.07 Å². The van der Waals surface area contributed by atoms with Gasteiger partial charge in [0.25, 0.3) is 5.91 Å². The zero-order chi connectivity index (χ0) is 22.5. The molecule has 0 unspecified atom stereocenters. The number of hydrazone groups is 1. The second-order valence-electron chi connectivity index (χ2n) is 5.90. The van der Waals surface area contributed by atoms with Crippen LogP contribution in [0.4, 0.5) is 5.69 Å². The molecule has 0 bridgehead atoms. The molecule has 1 amide bonds. The first-order valence-electron chi connectivity index (χ1n) is 8.38. The number of carbonyl (C=O) groups excluding carboxylic acids is 1. The maximum atomic E-state index is 11.9. The van der Waals surface area contributed by atoms with Gasteiger partial charge in [-0.3, -0.25) is 14.9 Å². The maximum absolute atomic E-state index is 11.9. The molecule has 2 aromatic carbocycles. The summed E-state index contributed by atoms with van der Waals surface area (Å²) < 4.78 is 10.8. The van der Waals surface area contributed by atoms with Gasteiger partial charge in [0, 0.05) is 16.7 Å². The monoisotopic (exact) mass is 501 g/mol. The van der Waals surface area contributed by atoms with E-state index in [2.05, 4.69) is 10.5 Å². The summed E-state index contributed by atoms with van der Waals surface area (Å²) in [5, 5.41) is 15.9. The van der Waals surface area contributed by atoms with Gasteiger partial charge in [-0.1, -0.05) is 46.4 Å². The van der Waals surface area contributed by atoms with Crippen molar-refractivity contribution in [3.63, 3.8) is 0 Å². The van der Waals surface area contributed by atoms with Gasteiger partial charge >= 0.3 is 5.69 Å². The molecule has 0 saturated carbocycles. The van der Waals surface area contributed by atoms with Gasteiger partial charge in [0.15, 0.2) is 12.4 Å². The number of ether oxygens (including phenoxy) is 1. The SMILES string of the molecule is O=C(COc1ccc(Cl)cc1[N+](=O)[O-])N/N=C/c1ccc(-c2cc(Cl)c(Cl)cc2Cl)o1. The highest BCUT2D eigenvalue weighted by molar-refractivity contribution is 6.44. The van der Waals surface area contributed by atoms with Crippen LogP contribution in [0, 0.1) is 10.1 Å². The van der Waals surface area contributed by atoms with Crippen LogP contribution in [0.15, 0.2) is 52.0 Å². The molecule has 0 saturated heterocycles. The van der Waals surface area contributed by atoms with E-state index in [-0.39, 0.29) is 16.5 Å². The fourth-order valence-corrected chi connectivity index (χ4v) is 3.18. The van der Waals surface area contributed by atoms with Crippen molar-refractivity contribution in [3.8, 4) is 17.1 Å². The van der Waals surface area contributed by atoms with Crippen molar-refractivity contribution in [2.75, 3.05) is 6.61 Å². The van der Waals surface area contributed by atoms with Crippen LogP contribution in [-0.4, -0.2) is 23.7 Å². The summed E-state index contributed by atoms with van der Waals surface area (Å²) in [6.45, 7) is -0.498. The first kappa shape index (κ1) is 22.9. The number of benzene rings is 2. The standard InChI is InChI=1S/C19H11Cl4N3O5/c20-10-1-3-18(16(5-10)26(28)29)30-9-19(27)25-24-8-11-2-4-17(31-11)12-6-14(22)15(23)7-13(12)21/h1-8H,9H2,(H,25,27)/b24-8+. The van der Waals surface area contributed by atoms with Crippen LogP contribution in [0.2, 0.25) is 20.1 Å². The molecule has 0 aliphatic carbocycles. The van der Waals surface area contributed by atoms with E-state index in [0.29, 0.717) is 32.2 Å². The van der Waals surface area contributed by atoms with Crippen LogP contribution in [0.5, 0.6) is 5.75 Å². The lowest BCUT2D eigenvalue weighted by molar-refractivity contribution is -0.385. The van der Waals surface area contributed by atoms with E-state index in [1.807, 2.05) is 0 Å². The van der Waals surface area contributed by atoms with Crippen LogP contribution in [-0.2, 0) is 4.79 Å². The van der Waals surface area contributed by atoms with E-state index < -0.39 is 17.4 Å². The predicted molar refractivity (Wildman–Crippen MR) is 119 cm³/mol. The topological polar surface area (TPSA) is 107 Å². The summed E-state index contributed by atoms with van der Waals surface area (Å²) in [5.74, 6) is 0.0175. The predicted octanol–water partition coefficient (Wildman–Crippen LogP) is 6.00. The zero-order valence-electron chi connectivity index (χ0n) is 15.3. The Kier molecular flexibility index (Phi) is 7.40. The summed E-state index contributed by atoms with van der Waals surface area (Å²) in [6, 6.07) is 10.2. The Morgan fingerprint density at radius 1 is 1.10 bits per heavy atom. The maximum Gasteiger partial charge on any atom is 0.312 e. The number of nitrogens with one attached hydrogen (secondary N) is 1. The number of carbonyl (C=O) groups is 1. The molecule has 0 spiro atoms. The molecule has 1 N–H and O–H groups in total. The number of amides is 1. The zero-order valence-corrected chi connectivity index (χ0v) is 18.3. The van der Waals surface area contributed by atoms with Crippen molar-refractivity contribution >= 4 is 64.2 Å². The van der Waals surface area contributed by atoms with Gasteiger partial charge < -0.3 is 9.15 Å². The molecule has 0 fully saturated rings. The summed E-state index contributed by atoms with van der Waals surface area (Å²) >= 11 is 23.8. The molecule has 0 aliphatic heterocycles. The normalized spacial score (nSPS) is 11.0. The first-order valence-corrected chi connectivity index (χ1v) is 9.89. The molecule has 0 atom stereocenters. The Hall–Kier alpha value is -2.78. The van der Waals surface area contributed by atoms with Gasteiger partial charge in [0.2, 0.25) is 0 Å². The first-order chi connectivity index (χ1) is 14.7. The van der Waals surface area contributed by atoms with Crippen LogP contribution < -0.4 is 10.2 Å². The van der Waals surface area contributed by atoms with Gasteiger partial charge in [-0.2, -0.15) is 5.10 Å². The third kappa shape index (κ3) is 5.89. The Morgan fingerprint density at radius 2 is 1.84 bits per heavy atom. The Bertz CT molecular complexity index is 1180. The number of furan rings is 1. The summed E-state index contributed by atoms with van der Waals surface area (Å²) in [4.78, 5) is 22.2. The third-order valence-electron chi connectivity index (χ3n) is 3.76. The Morgan fingerprint density at radius 3 is 2.58 bits per heavy atom. The molecule has 31 heavy (non-hydrogen) atoms. The molecule has 3 rings (SSSR count). The minimum Gasteiger partial charge on any atom is -0.477 e. The van der Waals surface area contributed by atoms with Gasteiger partial charge in [-0.05, 0) is 36.4 Å². The lowest BCUT2D eigenvalue weighted by Gasteiger charge is -2.05. The molecule has 12 heteroatoms. The van der Waals surface area contributed by atoms with Crippen LogP contribution in [0.25, 0.3) is 11.3 Å². The largest absolute Gasteiger partial charge is 0.477 e. The average Bonchev–Trinajstić information content (AvgIpc) is 3.18. The quantitative estimate of drug-likeness (QED) is 0.184. The number of hydrogen-bond donors (Lipinski definition) is 1. The van der Waals surface area contributed by atoms with E-state index in [9.17, 15) is 14.9 Å². The van der Waals surface area contributed by atoms with Gasteiger partial charge in [-0.15, -0.1) is 0 Å². The van der Waals surface area contributed by atoms with Crippen molar-refractivity contribution in [2.24, 2.45) is 5.10 Å². The lowest BCUT2D eigenvalue weighted by atomic mass is 10.2. The molecule has 1 aromatic heterocycles. The molecule has 3 aromatic rings. The molecular formula is C19H11Cl4N3O5. The Balaban J connectivity index is 1.59. The number of nitrogens with zero attached hydrogens (tertiary/aromatic N) is 2. The highest BCUT2D eigenvalue weighted by Gasteiger charge is 2.17. The van der Waals surface area contributed by atoms with Crippen molar-refractivity contribution in [1.82, 2.24) is 5.43 Å². The van der Waals surface area contributed by atoms with E-state index >= 15 is 0 Å². The smallest absolute Gasteiger partial charge is 0.312 e. The van der Waals surface area contributed by atoms with Crippen molar-refractivity contribution < 1.29 is 18.9 Å². The molecule has 1 heterocycles. The van der Waals surface area contributed by atoms with E-state index in [4.69, 9.17) is 55.6 Å². The van der Waals surface area contributed by atoms with Gasteiger partial charge in [-0.25, -0.2) is 5.43 Å². The second-order valence-corrected chi connectivity index (χ2v) is 7.56. The van der Waals surface area contributed by atoms with Gasteiger partial charge in [0.1, 0.15) is 11.5 Å². The fourth-order valence-electron chi connectivity index (χ4n) is 2.38. The second kappa shape index (κ2) is 10.0. The highest BCUT2D eigenvalue weighted by Crippen LogP contribution is 2.35. The highest BCUT2D eigenvalue weighted by atomic mass is 35.5. The Labute approximate surface area is 195 Å². The molecule has 0 radical (unpaired) electrons. The number of rotatable bonds is 7. The summed E-state index contributed by atoms with van der Waals surface area (Å²) in [7, 11) is 0. The van der Waals surface area contributed by atoms with Crippen LogP contribution in [0.3, 0.4) is 0 Å². The third-order valence-corrected chi connectivity index (χ3v) is 5.03. The van der Waals surface area contributed by atoms with Crippen LogP contribution >= 0.6 is 46.4 Å². The summed E-state index contributed by atoms with van der Waals surface area (Å²) in [5.41, 5.74) is 2.41. The number of nitro groups is 1. The van der Waals surface area contributed by atoms with E-state index in [1.54, 1.807) is 18.2 Å². The minimum absolute atomic E-state index is 0.0947. The fraction of sp³-hybridized carbons (Fsp3) is 0.0526. The number of nitro benzene ring substituents is 1. The molecule has 0 aliphatic rings. The molecule has 160 valence electrons. The van der Waals surface area contributed by atoms with Crippen molar-refractivity contribution in [3.05, 3.63) is 78.4 Å². The summed E-state index contributed by atoms with van der Waals surface area (Å²) in [6.07, 6.45) is 1.26. The number of hydrogen-bond acceptors (Lipinski definition) is 6. The van der Waals surface area contributed by atoms with Crippen LogP contribution in [0.1, 0.15) is 5.76 Å². The minimum atomic E-state index is -0.661. The molecular weight excluding hydrogens is 492 g/mol. The van der Waals surface area contributed by atoms with Gasteiger partial charge in [0.05, 0.1) is 26.2 Å². The average molecular weight is 503 g/mol. The van der Waals surface area contributed by atoms with E-state index in [1.165, 1.54) is 24.4 Å².